The lowest BCUT2D eigenvalue weighted by Crippen LogP contribution is -2.58. The van der Waals surface area contributed by atoms with Crippen molar-refractivity contribution in [3.8, 4) is 0 Å². The van der Waals surface area contributed by atoms with Gasteiger partial charge in [-0.25, -0.2) is 4.79 Å². The number of aliphatic hydroxyl groups is 1. The van der Waals surface area contributed by atoms with E-state index in [1.807, 2.05) is 5.32 Å². The van der Waals surface area contributed by atoms with Gasteiger partial charge >= 0.3 is 5.97 Å². The summed E-state index contributed by atoms with van der Waals surface area (Å²) < 4.78 is 0. The number of rotatable bonds is 15. The smallest absolute Gasteiger partial charge is 0.326 e. The second kappa shape index (κ2) is 13.6. The molecule has 0 saturated heterocycles. The molecule has 16 nitrogen and oxygen atoms in total. The van der Waals surface area contributed by atoms with Crippen LogP contribution in [0.2, 0.25) is 0 Å². The number of carbonyl (C=O) groups excluding carboxylic acids is 6. The Balaban J connectivity index is 5.61. The van der Waals surface area contributed by atoms with E-state index in [0.29, 0.717) is 0 Å². The number of carboxylic acids is 1. The summed E-state index contributed by atoms with van der Waals surface area (Å²) in [7, 11) is 0. The third-order valence-electron chi connectivity index (χ3n) is 4.19. The summed E-state index contributed by atoms with van der Waals surface area (Å²) in [6.45, 7) is 1.22. The summed E-state index contributed by atoms with van der Waals surface area (Å²) in [5.41, 5.74) is 20.6. The minimum absolute atomic E-state index is 0.330. The van der Waals surface area contributed by atoms with E-state index in [9.17, 15) is 38.7 Å². The van der Waals surface area contributed by atoms with Crippen LogP contribution in [0, 0.1) is 0 Å². The highest BCUT2D eigenvalue weighted by atomic mass is 16.4. The highest BCUT2D eigenvalue weighted by molar-refractivity contribution is 5.97. The molecule has 0 spiro atoms. The molecule has 16 heteroatoms. The molecule has 0 fully saturated rings. The number of nitrogens with one attached hydrogen (secondary N) is 3. The monoisotopic (exact) mass is 475 g/mol. The van der Waals surface area contributed by atoms with Crippen molar-refractivity contribution in [2.45, 2.75) is 62.9 Å². The van der Waals surface area contributed by atoms with Gasteiger partial charge in [-0.3, -0.25) is 28.8 Å². The number of nitrogens with two attached hydrogens (primary N) is 4. The minimum Gasteiger partial charge on any atom is -0.480 e. The van der Waals surface area contributed by atoms with Crippen LogP contribution in [0.4, 0.5) is 0 Å². The standard InChI is InChI=1S/C17H29N7O9/c1-6(25)13(21)16(31)22-7(2-3-10(18)26)14(29)23-8(4-11(19)27)15(30)24-9(17(32)33)5-12(20)28/h6-9,13,25H,2-5,21H2,1H3,(H2,18,26)(H2,19,27)(H2,20,28)(H,22,31)(H,23,29)(H,24,30)(H,32,33). The molecule has 0 saturated carbocycles. The molecule has 0 aliphatic rings. The Morgan fingerprint density at radius 2 is 1.15 bits per heavy atom. The van der Waals surface area contributed by atoms with Crippen molar-refractivity contribution in [1.82, 2.24) is 16.0 Å². The number of primary amides is 3. The molecule has 0 rings (SSSR count). The lowest BCUT2D eigenvalue weighted by molar-refractivity contribution is -0.144. The van der Waals surface area contributed by atoms with Gasteiger partial charge in [0.25, 0.3) is 0 Å². The number of aliphatic hydroxyl groups excluding tert-OH is 1. The van der Waals surface area contributed by atoms with Gasteiger partial charge in [-0.15, -0.1) is 0 Å². The Morgan fingerprint density at radius 1 is 0.727 bits per heavy atom. The highest BCUT2D eigenvalue weighted by Gasteiger charge is 2.32. The van der Waals surface area contributed by atoms with Crippen molar-refractivity contribution in [2.75, 3.05) is 0 Å². The van der Waals surface area contributed by atoms with Crippen molar-refractivity contribution in [3.63, 3.8) is 0 Å². The molecule has 0 aliphatic carbocycles. The average molecular weight is 475 g/mol. The molecule has 0 aromatic heterocycles. The summed E-state index contributed by atoms with van der Waals surface area (Å²) in [5, 5.41) is 24.8. The van der Waals surface area contributed by atoms with E-state index in [2.05, 4.69) is 10.6 Å². The predicted molar refractivity (Wildman–Crippen MR) is 109 cm³/mol. The number of carboxylic acid groups (broad SMARTS) is 1. The van der Waals surface area contributed by atoms with Crippen LogP contribution < -0.4 is 38.9 Å². The first-order valence-electron chi connectivity index (χ1n) is 9.58. The maximum Gasteiger partial charge on any atom is 0.326 e. The second-order valence-electron chi connectivity index (χ2n) is 7.13. The summed E-state index contributed by atoms with van der Waals surface area (Å²) in [4.78, 5) is 81.9. The van der Waals surface area contributed by atoms with Crippen LogP contribution in [0.1, 0.15) is 32.6 Å². The van der Waals surface area contributed by atoms with Gasteiger partial charge < -0.3 is 49.1 Å². The van der Waals surface area contributed by atoms with Crippen molar-refractivity contribution in [1.29, 1.82) is 0 Å². The fourth-order valence-corrected chi connectivity index (χ4v) is 2.40. The van der Waals surface area contributed by atoms with Crippen LogP contribution in [0.15, 0.2) is 0 Å². The van der Waals surface area contributed by atoms with E-state index in [1.54, 1.807) is 0 Å². The van der Waals surface area contributed by atoms with Gasteiger partial charge in [0.1, 0.15) is 24.2 Å². The van der Waals surface area contributed by atoms with E-state index in [1.165, 1.54) is 6.92 Å². The van der Waals surface area contributed by atoms with Crippen molar-refractivity contribution in [3.05, 3.63) is 0 Å². The maximum absolute atomic E-state index is 12.7. The Kier molecular flexibility index (Phi) is 12.0. The van der Waals surface area contributed by atoms with Crippen molar-refractivity contribution in [2.24, 2.45) is 22.9 Å². The SMILES string of the molecule is CC(O)C(N)C(=O)NC(CCC(N)=O)C(=O)NC(CC(N)=O)C(=O)NC(CC(N)=O)C(=O)O. The Hall–Kier alpha value is -3.79. The third kappa shape index (κ3) is 11.4. The molecule has 0 aliphatic heterocycles. The van der Waals surface area contributed by atoms with E-state index >= 15 is 0 Å². The van der Waals surface area contributed by atoms with Crippen LogP contribution in [0.25, 0.3) is 0 Å². The molecule has 5 unspecified atom stereocenters. The van der Waals surface area contributed by atoms with Gasteiger partial charge in [-0.2, -0.15) is 0 Å². The molecular formula is C17H29N7O9. The Labute approximate surface area is 187 Å². The first kappa shape index (κ1) is 29.2. The lowest BCUT2D eigenvalue weighted by Gasteiger charge is -2.25. The van der Waals surface area contributed by atoms with Crippen LogP contribution in [0.3, 0.4) is 0 Å². The van der Waals surface area contributed by atoms with Crippen LogP contribution in [0.5, 0.6) is 0 Å². The van der Waals surface area contributed by atoms with Crippen molar-refractivity contribution < 1.29 is 43.8 Å². The van der Waals surface area contributed by atoms with Crippen molar-refractivity contribution >= 4 is 41.4 Å². The third-order valence-corrected chi connectivity index (χ3v) is 4.19. The molecular weight excluding hydrogens is 446 g/mol. The normalized spacial score (nSPS) is 15.1. The van der Waals surface area contributed by atoms with E-state index in [-0.39, 0.29) is 12.8 Å². The van der Waals surface area contributed by atoms with Crippen LogP contribution >= 0.6 is 0 Å². The van der Waals surface area contributed by atoms with Gasteiger partial charge in [0, 0.05) is 6.42 Å². The number of hydrogen-bond acceptors (Lipinski definition) is 9. The minimum atomic E-state index is -1.75. The molecule has 0 bridgehead atoms. The lowest BCUT2D eigenvalue weighted by atomic mass is 10.1. The predicted octanol–water partition coefficient (Wildman–Crippen LogP) is -5.75. The molecule has 5 atom stereocenters. The van der Waals surface area contributed by atoms with Gasteiger partial charge in [0.15, 0.2) is 0 Å². The average Bonchev–Trinajstić information content (AvgIpc) is 2.67. The molecule has 0 aromatic carbocycles. The molecule has 0 heterocycles. The summed E-state index contributed by atoms with van der Waals surface area (Å²) >= 11 is 0. The van der Waals surface area contributed by atoms with E-state index in [0.717, 1.165) is 0 Å². The summed E-state index contributed by atoms with van der Waals surface area (Å²) in [5.74, 6) is -7.72. The maximum atomic E-state index is 12.7. The zero-order valence-corrected chi connectivity index (χ0v) is 17.8. The van der Waals surface area contributed by atoms with Gasteiger partial charge in [0.2, 0.25) is 35.4 Å². The van der Waals surface area contributed by atoms with Gasteiger partial charge in [-0.05, 0) is 13.3 Å². The second-order valence-corrected chi connectivity index (χ2v) is 7.13. The number of amides is 6. The quantitative estimate of drug-likeness (QED) is 0.108. The fourth-order valence-electron chi connectivity index (χ4n) is 2.40. The summed E-state index contributed by atoms with van der Waals surface area (Å²) in [6.07, 6.45) is -3.52. The highest BCUT2D eigenvalue weighted by Crippen LogP contribution is 2.03. The first-order valence-corrected chi connectivity index (χ1v) is 9.58. The Morgan fingerprint density at radius 3 is 1.58 bits per heavy atom. The Bertz CT molecular complexity index is 787. The molecule has 0 radical (unpaired) electrons. The molecule has 33 heavy (non-hydrogen) atoms. The number of hydrogen-bond donors (Lipinski definition) is 9. The fraction of sp³-hybridized carbons (Fsp3) is 0.588. The van der Waals surface area contributed by atoms with Crippen LogP contribution in [-0.2, 0) is 33.6 Å². The molecule has 186 valence electrons. The summed E-state index contributed by atoms with van der Waals surface area (Å²) in [6, 6.07) is -6.36. The zero-order valence-electron chi connectivity index (χ0n) is 17.8. The largest absolute Gasteiger partial charge is 0.480 e. The van der Waals surface area contributed by atoms with Crippen LogP contribution in [-0.4, -0.2) is 81.9 Å². The molecule has 13 N–H and O–H groups in total. The van der Waals surface area contributed by atoms with E-state index < -0.39 is 84.5 Å². The van der Waals surface area contributed by atoms with Gasteiger partial charge in [0.05, 0.1) is 18.9 Å². The molecule has 0 aromatic rings. The van der Waals surface area contributed by atoms with E-state index in [4.69, 9.17) is 28.0 Å². The van der Waals surface area contributed by atoms with Gasteiger partial charge in [-0.1, -0.05) is 0 Å². The molecule has 6 amide bonds. The first-order chi connectivity index (χ1) is 15.1. The number of aliphatic carboxylic acids is 1. The zero-order chi connectivity index (χ0) is 25.9. The number of carbonyl (C=O) groups is 7. The topological polar surface area (TPSA) is 300 Å².